The summed E-state index contributed by atoms with van der Waals surface area (Å²) in [6.07, 6.45) is 0. The van der Waals surface area contributed by atoms with Gasteiger partial charge in [0.2, 0.25) is 6.79 Å². The number of aliphatic hydroxyl groups excluding tert-OH is 1. The maximum Gasteiger partial charge on any atom is 0.231 e. The molecule has 1 aromatic carbocycles. The van der Waals surface area contributed by atoms with Crippen LogP contribution in [0.5, 0.6) is 11.5 Å². The Morgan fingerprint density at radius 1 is 1.24 bits per heavy atom. The minimum absolute atomic E-state index is 0.162. The van der Waals surface area contributed by atoms with Crippen molar-refractivity contribution in [1.82, 2.24) is 4.90 Å². The number of fused-ring (bicyclic) bond motifs is 1. The minimum atomic E-state index is 0.162. The van der Waals surface area contributed by atoms with Crippen LogP contribution in [0.3, 0.4) is 0 Å². The van der Waals surface area contributed by atoms with Gasteiger partial charge in [0.25, 0.3) is 0 Å². The smallest absolute Gasteiger partial charge is 0.231 e. The van der Waals surface area contributed by atoms with Crippen molar-refractivity contribution in [3.63, 3.8) is 0 Å². The van der Waals surface area contributed by atoms with Gasteiger partial charge in [-0.1, -0.05) is 6.07 Å². The molecule has 0 bridgehead atoms. The first-order valence-corrected chi connectivity index (χ1v) is 7.89. The molecule has 0 unspecified atom stereocenters. The lowest BCUT2D eigenvalue weighted by Crippen LogP contribution is -2.26. The third-order valence-electron chi connectivity index (χ3n) is 3.60. The molecule has 1 aliphatic heterocycles. The molecule has 2 heterocycles. The standard InChI is InChI=1S/C16H19NO3S/c1-12-7-15-16(20-11-19-15)8-13(12)9-17(4-5-18)10-14-3-2-6-21-14/h2-3,6-8,18H,4-5,9-11H2,1H3. The second kappa shape index (κ2) is 6.47. The topological polar surface area (TPSA) is 41.9 Å². The van der Waals surface area contributed by atoms with Gasteiger partial charge in [0.15, 0.2) is 11.5 Å². The summed E-state index contributed by atoms with van der Waals surface area (Å²) in [5, 5.41) is 11.4. The zero-order valence-electron chi connectivity index (χ0n) is 12.0. The summed E-state index contributed by atoms with van der Waals surface area (Å²) in [6.45, 7) is 4.85. The Hall–Kier alpha value is -1.56. The Labute approximate surface area is 128 Å². The summed E-state index contributed by atoms with van der Waals surface area (Å²) in [7, 11) is 0. The lowest BCUT2D eigenvalue weighted by molar-refractivity contribution is 0.173. The third kappa shape index (κ3) is 3.37. The molecule has 1 N–H and O–H groups in total. The van der Waals surface area contributed by atoms with E-state index in [0.717, 1.165) is 24.6 Å². The maximum absolute atomic E-state index is 9.28. The van der Waals surface area contributed by atoms with Crippen LogP contribution in [-0.2, 0) is 13.1 Å². The predicted octanol–water partition coefficient (Wildman–Crippen LogP) is 2.78. The monoisotopic (exact) mass is 305 g/mol. The van der Waals surface area contributed by atoms with Gasteiger partial charge in [-0.3, -0.25) is 4.90 Å². The van der Waals surface area contributed by atoms with E-state index in [1.54, 1.807) is 11.3 Å². The van der Waals surface area contributed by atoms with Crippen LogP contribution in [0.15, 0.2) is 29.6 Å². The number of nitrogens with zero attached hydrogens (tertiary/aromatic N) is 1. The Morgan fingerprint density at radius 3 is 2.76 bits per heavy atom. The van der Waals surface area contributed by atoms with Gasteiger partial charge < -0.3 is 14.6 Å². The highest BCUT2D eigenvalue weighted by atomic mass is 32.1. The van der Waals surface area contributed by atoms with E-state index in [4.69, 9.17) is 9.47 Å². The molecule has 2 aromatic rings. The van der Waals surface area contributed by atoms with Crippen molar-refractivity contribution in [2.45, 2.75) is 20.0 Å². The molecule has 0 spiro atoms. The van der Waals surface area contributed by atoms with Crippen LogP contribution in [0.25, 0.3) is 0 Å². The zero-order valence-corrected chi connectivity index (χ0v) is 12.9. The summed E-state index contributed by atoms with van der Waals surface area (Å²) < 4.78 is 10.9. The Balaban J connectivity index is 1.76. The van der Waals surface area contributed by atoms with Crippen LogP contribution >= 0.6 is 11.3 Å². The number of aryl methyl sites for hydroxylation is 1. The van der Waals surface area contributed by atoms with E-state index in [0.29, 0.717) is 13.3 Å². The average molecular weight is 305 g/mol. The number of thiophene rings is 1. The highest BCUT2D eigenvalue weighted by Crippen LogP contribution is 2.35. The van der Waals surface area contributed by atoms with Crippen LogP contribution in [0.1, 0.15) is 16.0 Å². The average Bonchev–Trinajstić information content (AvgIpc) is 3.10. The summed E-state index contributed by atoms with van der Waals surface area (Å²) in [5.41, 5.74) is 2.40. The first-order valence-electron chi connectivity index (χ1n) is 7.01. The van der Waals surface area contributed by atoms with Gasteiger partial charge in [-0.25, -0.2) is 0 Å². The van der Waals surface area contributed by atoms with Gasteiger partial charge in [-0.2, -0.15) is 0 Å². The first-order chi connectivity index (χ1) is 10.3. The lowest BCUT2D eigenvalue weighted by atomic mass is 10.1. The van der Waals surface area contributed by atoms with Crippen molar-refractivity contribution in [3.8, 4) is 11.5 Å². The molecule has 3 rings (SSSR count). The summed E-state index contributed by atoms with van der Waals surface area (Å²) in [4.78, 5) is 3.55. The van der Waals surface area contributed by atoms with E-state index in [2.05, 4.69) is 35.4 Å². The van der Waals surface area contributed by atoms with Crippen LogP contribution in [0.2, 0.25) is 0 Å². The quantitative estimate of drug-likeness (QED) is 0.891. The Bertz CT molecular complexity index is 598. The van der Waals surface area contributed by atoms with Crippen molar-refractivity contribution in [2.75, 3.05) is 19.9 Å². The fourth-order valence-electron chi connectivity index (χ4n) is 2.48. The maximum atomic E-state index is 9.28. The van der Waals surface area contributed by atoms with Crippen molar-refractivity contribution >= 4 is 11.3 Å². The summed E-state index contributed by atoms with van der Waals surface area (Å²) in [6, 6.07) is 8.26. The van der Waals surface area contributed by atoms with E-state index < -0.39 is 0 Å². The van der Waals surface area contributed by atoms with Crippen LogP contribution in [0.4, 0.5) is 0 Å². The number of benzene rings is 1. The zero-order chi connectivity index (χ0) is 14.7. The molecular weight excluding hydrogens is 286 g/mol. The van der Waals surface area contributed by atoms with Crippen molar-refractivity contribution < 1.29 is 14.6 Å². The van der Waals surface area contributed by atoms with Crippen LogP contribution in [0, 0.1) is 6.92 Å². The SMILES string of the molecule is Cc1cc2c(cc1CN(CCO)Cc1cccs1)OCO2. The van der Waals surface area contributed by atoms with E-state index in [9.17, 15) is 5.11 Å². The second-order valence-electron chi connectivity index (χ2n) is 5.15. The first kappa shape index (κ1) is 14.4. The van der Waals surface area contributed by atoms with Gasteiger partial charge in [0.05, 0.1) is 6.61 Å². The molecule has 21 heavy (non-hydrogen) atoms. The summed E-state index contributed by atoms with van der Waals surface area (Å²) in [5.74, 6) is 1.64. The Morgan fingerprint density at radius 2 is 2.05 bits per heavy atom. The second-order valence-corrected chi connectivity index (χ2v) is 6.18. The molecule has 0 fully saturated rings. The number of ether oxygens (including phenoxy) is 2. The highest BCUT2D eigenvalue weighted by molar-refractivity contribution is 7.09. The largest absolute Gasteiger partial charge is 0.454 e. The number of hydrogen-bond donors (Lipinski definition) is 1. The molecule has 4 nitrogen and oxygen atoms in total. The third-order valence-corrected chi connectivity index (χ3v) is 4.46. The molecule has 0 saturated carbocycles. The number of rotatable bonds is 6. The fourth-order valence-corrected chi connectivity index (χ4v) is 3.22. The normalized spacial score (nSPS) is 13.1. The molecule has 0 aliphatic carbocycles. The van der Waals surface area contributed by atoms with Gasteiger partial charge in [-0.05, 0) is 41.6 Å². The van der Waals surface area contributed by atoms with E-state index in [1.165, 1.54) is 16.0 Å². The lowest BCUT2D eigenvalue weighted by Gasteiger charge is -2.22. The number of hydrogen-bond acceptors (Lipinski definition) is 5. The van der Waals surface area contributed by atoms with Crippen LogP contribution < -0.4 is 9.47 Å². The molecule has 5 heteroatoms. The van der Waals surface area contributed by atoms with Gasteiger partial charge >= 0.3 is 0 Å². The molecule has 1 aliphatic rings. The molecule has 1 aromatic heterocycles. The van der Waals surface area contributed by atoms with E-state index in [-0.39, 0.29) is 6.61 Å². The van der Waals surface area contributed by atoms with Crippen molar-refractivity contribution in [2.24, 2.45) is 0 Å². The molecule has 0 saturated heterocycles. The van der Waals surface area contributed by atoms with Crippen molar-refractivity contribution in [3.05, 3.63) is 45.6 Å². The van der Waals surface area contributed by atoms with Gasteiger partial charge in [0, 0.05) is 24.5 Å². The fraction of sp³-hybridized carbons (Fsp3) is 0.375. The van der Waals surface area contributed by atoms with E-state index in [1.807, 2.05) is 6.07 Å². The summed E-state index contributed by atoms with van der Waals surface area (Å²) >= 11 is 1.74. The van der Waals surface area contributed by atoms with Crippen molar-refractivity contribution in [1.29, 1.82) is 0 Å². The molecule has 0 radical (unpaired) electrons. The molecule has 0 amide bonds. The van der Waals surface area contributed by atoms with Gasteiger partial charge in [-0.15, -0.1) is 11.3 Å². The molecule has 112 valence electrons. The molecule has 0 atom stereocenters. The van der Waals surface area contributed by atoms with Gasteiger partial charge in [0.1, 0.15) is 0 Å². The highest BCUT2D eigenvalue weighted by Gasteiger charge is 2.17. The number of aliphatic hydroxyl groups is 1. The Kier molecular flexibility index (Phi) is 4.43. The minimum Gasteiger partial charge on any atom is -0.454 e. The van der Waals surface area contributed by atoms with E-state index >= 15 is 0 Å². The molecular formula is C16H19NO3S. The van der Waals surface area contributed by atoms with Crippen LogP contribution in [-0.4, -0.2) is 30.0 Å². The predicted molar refractivity (Wildman–Crippen MR) is 82.8 cm³/mol.